The molecule has 1 heterocycles. The maximum Gasteiger partial charge on any atom is 0.244 e. The molecule has 0 atom stereocenters. The van der Waals surface area contributed by atoms with Crippen molar-refractivity contribution in [3.05, 3.63) is 27.7 Å². The number of hydrogen-bond acceptors (Lipinski definition) is 3. The van der Waals surface area contributed by atoms with Crippen molar-refractivity contribution in [2.75, 3.05) is 13.1 Å². The van der Waals surface area contributed by atoms with Gasteiger partial charge < -0.3 is 5.73 Å². The molecule has 1 aromatic carbocycles. The third-order valence-corrected chi connectivity index (χ3v) is 6.89. The predicted molar refractivity (Wildman–Crippen MR) is 86.1 cm³/mol. The first kappa shape index (κ1) is 17.0. The molecule has 0 unspecified atom stereocenters. The Bertz CT molecular complexity index is 635. The average Bonchev–Trinajstić information content (AvgIpc) is 2.38. The van der Waals surface area contributed by atoms with Gasteiger partial charge in [0.25, 0.3) is 0 Å². The van der Waals surface area contributed by atoms with Gasteiger partial charge >= 0.3 is 0 Å². The van der Waals surface area contributed by atoms with Crippen LogP contribution in [0.3, 0.4) is 0 Å². The third kappa shape index (κ3) is 3.37. The molecule has 0 aromatic heterocycles. The van der Waals surface area contributed by atoms with Crippen molar-refractivity contribution in [2.24, 2.45) is 11.1 Å². The third-order valence-electron chi connectivity index (χ3n) is 4.05. The summed E-state index contributed by atoms with van der Waals surface area (Å²) in [6.45, 7) is 5.42. The molecule has 0 spiro atoms. The SMILES string of the molecule is CC1(C)CCN(S(=O)(=O)c2ccc(Cl)c(CN)c2Cl)CC1. The standard InChI is InChI=1S/C14H20Cl2N2O2S/c1-14(2)5-7-18(8-6-14)21(19,20)12-4-3-11(15)10(9-17)13(12)16/h3-4H,5-9,17H2,1-2H3. The smallest absolute Gasteiger partial charge is 0.244 e. The van der Waals surface area contributed by atoms with Gasteiger partial charge in [-0.05, 0) is 30.4 Å². The Kier molecular flexibility index (Phi) is 4.90. The first-order valence-electron chi connectivity index (χ1n) is 6.86. The van der Waals surface area contributed by atoms with E-state index in [0.717, 1.165) is 12.8 Å². The van der Waals surface area contributed by atoms with Gasteiger partial charge in [0.2, 0.25) is 10.0 Å². The molecular weight excluding hydrogens is 331 g/mol. The lowest BCUT2D eigenvalue weighted by Gasteiger charge is -2.36. The monoisotopic (exact) mass is 350 g/mol. The second kappa shape index (κ2) is 6.05. The zero-order valence-corrected chi connectivity index (χ0v) is 14.5. The summed E-state index contributed by atoms with van der Waals surface area (Å²) in [6, 6.07) is 3.00. The number of benzene rings is 1. The summed E-state index contributed by atoms with van der Waals surface area (Å²) in [7, 11) is -3.61. The second-order valence-corrected chi connectivity index (χ2v) is 8.80. The molecule has 1 aliphatic heterocycles. The van der Waals surface area contributed by atoms with Crippen LogP contribution in [-0.2, 0) is 16.6 Å². The van der Waals surface area contributed by atoms with Crippen molar-refractivity contribution < 1.29 is 8.42 Å². The molecule has 0 bridgehead atoms. The largest absolute Gasteiger partial charge is 0.326 e. The molecule has 2 N–H and O–H groups in total. The number of piperidine rings is 1. The molecule has 1 aliphatic rings. The van der Waals surface area contributed by atoms with Crippen molar-refractivity contribution in [1.82, 2.24) is 4.31 Å². The van der Waals surface area contributed by atoms with Gasteiger partial charge in [0.1, 0.15) is 4.90 Å². The Morgan fingerprint density at radius 2 is 1.81 bits per heavy atom. The van der Waals surface area contributed by atoms with Gasteiger partial charge in [-0.15, -0.1) is 0 Å². The summed E-state index contributed by atoms with van der Waals surface area (Å²) >= 11 is 12.2. The van der Waals surface area contributed by atoms with E-state index in [9.17, 15) is 8.42 Å². The molecule has 21 heavy (non-hydrogen) atoms. The minimum Gasteiger partial charge on any atom is -0.326 e. The topological polar surface area (TPSA) is 63.4 Å². The Balaban J connectivity index is 2.37. The van der Waals surface area contributed by atoms with Gasteiger partial charge in [0, 0.05) is 30.2 Å². The van der Waals surface area contributed by atoms with Gasteiger partial charge in [-0.3, -0.25) is 0 Å². The fraction of sp³-hybridized carbons (Fsp3) is 0.571. The van der Waals surface area contributed by atoms with Crippen LogP contribution in [0.2, 0.25) is 10.0 Å². The minimum atomic E-state index is -3.61. The van der Waals surface area contributed by atoms with Crippen molar-refractivity contribution in [3.63, 3.8) is 0 Å². The molecule has 4 nitrogen and oxygen atoms in total. The molecule has 0 amide bonds. The highest BCUT2D eigenvalue weighted by Gasteiger charge is 2.34. The summed E-state index contributed by atoms with van der Waals surface area (Å²) in [5, 5.41) is 0.524. The highest BCUT2D eigenvalue weighted by Crippen LogP contribution is 2.36. The molecule has 118 valence electrons. The van der Waals surface area contributed by atoms with E-state index in [4.69, 9.17) is 28.9 Å². The molecule has 2 rings (SSSR count). The lowest BCUT2D eigenvalue weighted by molar-refractivity contribution is 0.196. The molecule has 0 saturated carbocycles. The lowest BCUT2D eigenvalue weighted by atomic mass is 9.83. The normalized spacial score (nSPS) is 19.7. The Morgan fingerprint density at radius 1 is 1.24 bits per heavy atom. The Labute approximate surface area is 136 Å². The van der Waals surface area contributed by atoms with Crippen LogP contribution in [0.1, 0.15) is 32.3 Å². The van der Waals surface area contributed by atoms with Crippen LogP contribution in [-0.4, -0.2) is 25.8 Å². The van der Waals surface area contributed by atoms with E-state index in [0.29, 0.717) is 23.7 Å². The van der Waals surface area contributed by atoms with E-state index in [1.54, 1.807) is 0 Å². The van der Waals surface area contributed by atoms with Gasteiger partial charge in [0.05, 0.1) is 5.02 Å². The molecular formula is C14H20Cl2N2O2S. The van der Waals surface area contributed by atoms with Crippen LogP contribution in [0.5, 0.6) is 0 Å². The molecule has 7 heteroatoms. The summed E-state index contributed by atoms with van der Waals surface area (Å²) in [6.07, 6.45) is 1.67. The molecule has 0 radical (unpaired) electrons. The molecule has 1 aromatic rings. The first-order valence-corrected chi connectivity index (χ1v) is 9.06. The van der Waals surface area contributed by atoms with Crippen LogP contribution in [0, 0.1) is 5.41 Å². The zero-order valence-electron chi connectivity index (χ0n) is 12.2. The lowest BCUT2D eigenvalue weighted by Crippen LogP contribution is -2.41. The highest BCUT2D eigenvalue weighted by atomic mass is 35.5. The molecule has 0 aliphatic carbocycles. The fourth-order valence-corrected chi connectivity index (χ4v) is 4.78. The minimum absolute atomic E-state index is 0.0914. The van der Waals surface area contributed by atoms with E-state index < -0.39 is 10.0 Å². The maximum atomic E-state index is 12.8. The summed E-state index contributed by atoms with van der Waals surface area (Å²) < 4.78 is 27.0. The molecule has 1 fully saturated rings. The van der Waals surface area contributed by atoms with Gasteiger partial charge in [0.15, 0.2) is 0 Å². The highest BCUT2D eigenvalue weighted by molar-refractivity contribution is 7.89. The Hall–Kier alpha value is -0.330. The van der Waals surface area contributed by atoms with Crippen LogP contribution >= 0.6 is 23.2 Å². The van der Waals surface area contributed by atoms with E-state index >= 15 is 0 Å². The quantitative estimate of drug-likeness (QED) is 0.909. The van der Waals surface area contributed by atoms with Crippen LogP contribution in [0.4, 0.5) is 0 Å². The van der Waals surface area contributed by atoms with Crippen molar-refractivity contribution in [2.45, 2.75) is 38.1 Å². The number of rotatable bonds is 3. The van der Waals surface area contributed by atoms with Crippen molar-refractivity contribution >= 4 is 33.2 Å². The number of sulfonamides is 1. The van der Waals surface area contributed by atoms with E-state index in [1.165, 1.54) is 16.4 Å². The Morgan fingerprint density at radius 3 is 2.33 bits per heavy atom. The van der Waals surface area contributed by atoms with Gasteiger partial charge in [-0.2, -0.15) is 4.31 Å². The molecule has 1 saturated heterocycles. The number of nitrogens with two attached hydrogens (primary N) is 1. The van der Waals surface area contributed by atoms with Crippen LogP contribution < -0.4 is 5.73 Å². The summed E-state index contributed by atoms with van der Waals surface area (Å²) in [5.41, 5.74) is 6.25. The van der Waals surface area contributed by atoms with Crippen molar-refractivity contribution in [1.29, 1.82) is 0 Å². The van der Waals surface area contributed by atoms with Crippen molar-refractivity contribution in [3.8, 4) is 0 Å². The van der Waals surface area contributed by atoms with Gasteiger partial charge in [-0.1, -0.05) is 37.0 Å². The summed E-state index contributed by atoms with van der Waals surface area (Å²) in [5.74, 6) is 0. The fourth-order valence-electron chi connectivity index (χ4n) is 2.43. The maximum absolute atomic E-state index is 12.8. The number of hydrogen-bond donors (Lipinski definition) is 1. The van der Waals surface area contributed by atoms with E-state index in [2.05, 4.69) is 13.8 Å². The van der Waals surface area contributed by atoms with Gasteiger partial charge in [-0.25, -0.2) is 8.42 Å². The number of halogens is 2. The summed E-state index contributed by atoms with van der Waals surface area (Å²) in [4.78, 5) is 0.0914. The predicted octanol–water partition coefficient (Wildman–Crippen LogP) is 3.26. The van der Waals surface area contributed by atoms with E-state index in [1.807, 2.05) is 0 Å². The zero-order chi connectivity index (χ0) is 15.8. The van der Waals surface area contributed by atoms with Crippen LogP contribution in [0.15, 0.2) is 17.0 Å². The average molecular weight is 351 g/mol. The first-order chi connectivity index (χ1) is 9.69. The van der Waals surface area contributed by atoms with Crippen LogP contribution in [0.25, 0.3) is 0 Å². The second-order valence-electron chi connectivity index (χ2n) is 6.11. The van der Waals surface area contributed by atoms with E-state index in [-0.39, 0.29) is 21.9 Å². The number of nitrogens with zero attached hydrogens (tertiary/aromatic N) is 1.